The van der Waals surface area contributed by atoms with Crippen molar-refractivity contribution in [3.63, 3.8) is 0 Å². The SMILES string of the molecule is CCCSc1nnc(NS(=O)(=O)c2ccc(OC)c(OC)c2)s1. The largest absolute Gasteiger partial charge is 0.493 e. The maximum Gasteiger partial charge on any atom is 0.263 e. The lowest BCUT2D eigenvalue weighted by Gasteiger charge is -2.10. The molecule has 1 N–H and O–H groups in total. The summed E-state index contributed by atoms with van der Waals surface area (Å²) in [7, 11) is -0.830. The second-order valence-corrected chi connectivity index (χ2v) is 8.35. The quantitative estimate of drug-likeness (QED) is 0.709. The smallest absolute Gasteiger partial charge is 0.263 e. The molecular weight excluding hydrogens is 358 g/mol. The molecular formula is C13H17N3O4S3. The fourth-order valence-electron chi connectivity index (χ4n) is 1.66. The third kappa shape index (κ3) is 4.49. The lowest BCUT2D eigenvalue weighted by atomic mass is 10.3. The van der Waals surface area contributed by atoms with Crippen molar-refractivity contribution in [3.8, 4) is 11.5 Å². The van der Waals surface area contributed by atoms with Gasteiger partial charge in [-0.15, -0.1) is 10.2 Å². The maximum absolute atomic E-state index is 12.4. The van der Waals surface area contributed by atoms with Crippen LogP contribution in [0.3, 0.4) is 0 Å². The van der Waals surface area contributed by atoms with Gasteiger partial charge >= 0.3 is 0 Å². The van der Waals surface area contributed by atoms with Crippen LogP contribution in [0, 0.1) is 0 Å². The molecule has 0 spiro atoms. The highest BCUT2D eigenvalue weighted by Gasteiger charge is 2.19. The minimum Gasteiger partial charge on any atom is -0.493 e. The number of hydrogen-bond donors (Lipinski definition) is 1. The van der Waals surface area contributed by atoms with Crippen LogP contribution in [0.15, 0.2) is 27.4 Å². The van der Waals surface area contributed by atoms with Crippen molar-refractivity contribution in [2.24, 2.45) is 0 Å². The second-order valence-electron chi connectivity index (χ2n) is 4.34. The first-order chi connectivity index (χ1) is 11.0. The van der Waals surface area contributed by atoms with Crippen molar-refractivity contribution in [3.05, 3.63) is 18.2 Å². The van der Waals surface area contributed by atoms with Crippen LogP contribution in [0.25, 0.3) is 0 Å². The summed E-state index contributed by atoms with van der Waals surface area (Å²) in [6.07, 6.45) is 1.01. The van der Waals surface area contributed by atoms with Crippen LogP contribution < -0.4 is 14.2 Å². The van der Waals surface area contributed by atoms with Gasteiger partial charge in [0, 0.05) is 11.8 Å². The first kappa shape index (κ1) is 17.8. The highest BCUT2D eigenvalue weighted by atomic mass is 32.2. The number of methoxy groups -OCH3 is 2. The predicted octanol–water partition coefficient (Wildman–Crippen LogP) is 2.86. The third-order valence-corrected chi connectivity index (χ3v) is 6.37. The van der Waals surface area contributed by atoms with Crippen molar-refractivity contribution in [1.29, 1.82) is 0 Å². The number of aromatic nitrogens is 2. The molecule has 10 heteroatoms. The minimum absolute atomic E-state index is 0.0631. The maximum atomic E-state index is 12.4. The van der Waals surface area contributed by atoms with Gasteiger partial charge in [0.25, 0.3) is 10.0 Å². The lowest BCUT2D eigenvalue weighted by Crippen LogP contribution is -2.13. The summed E-state index contributed by atoms with van der Waals surface area (Å²) >= 11 is 2.75. The summed E-state index contributed by atoms with van der Waals surface area (Å²) in [6, 6.07) is 4.38. The number of thioether (sulfide) groups is 1. The Kier molecular flexibility index (Phi) is 6.08. The molecule has 2 rings (SSSR count). The Morgan fingerprint density at radius 2 is 1.96 bits per heavy atom. The molecule has 0 saturated heterocycles. The standard InChI is InChI=1S/C13H17N3O4S3/c1-4-7-21-13-15-14-12(22-13)16-23(17,18)9-5-6-10(19-2)11(8-9)20-3/h5-6,8H,4,7H2,1-3H3,(H,14,16). The van der Waals surface area contributed by atoms with E-state index in [2.05, 4.69) is 21.8 Å². The van der Waals surface area contributed by atoms with Crippen molar-refractivity contribution in [2.75, 3.05) is 24.7 Å². The summed E-state index contributed by atoms with van der Waals surface area (Å²) < 4.78 is 38.2. The molecule has 0 unspecified atom stereocenters. The Labute approximate surface area is 143 Å². The van der Waals surface area contributed by atoms with Crippen LogP contribution in [0.1, 0.15) is 13.3 Å². The minimum atomic E-state index is -3.76. The number of rotatable bonds is 8. The number of sulfonamides is 1. The second kappa shape index (κ2) is 7.84. The molecule has 23 heavy (non-hydrogen) atoms. The molecule has 126 valence electrons. The normalized spacial score (nSPS) is 11.3. The van der Waals surface area contributed by atoms with Gasteiger partial charge in [0.15, 0.2) is 15.8 Å². The molecule has 7 nitrogen and oxygen atoms in total. The fraction of sp³-hybridized carbons (Fsp3) is 0.385. The van der Waals surface area contributed by atoms with Crippen molar-refractivity contribution < 1.29 is 17.9 Å². The Morgan fingerprint density at radius 3 is 2.61 bits per heavy atom. The fourth-order valence-corrected chi connectivity index (χ4v) is 4.58. The average molecular weight is 375 g/mol. The molecule has 0 radical (unpaired) electrons. The highest BCUT2D eigenvalue weighted by Crippen LogP contribution is 2.31. The average Bonchev–Trinajstić information content (AvgIpc) is 2.98. The van der Waals surface area contributed by atoms with Crippen LogP contribution in [0.2, 0.25) is 0 Å². The monoisotopic (exact) mass is 375 g/mol. The number of hydrogen-bond acceptors (Lipinski definition) is 8. The summed E-state index contributed by atoms with van der Waals surface area (Å²) in [6.45, 7) is 2.06. The van der Waals surface area contributed by atoms with Crippen LogP contribution in [0.5, 0.6) is 11.5 Å². The van der Waals surface area contributed by atoms with Gasteiger partial charge in [-0.2, -0.15) is 0 Å². The Morgan fingerprint density at radius 1 is 1.22 bits per heavy atom. The van der Waals surface area contributed by atoms with Gasteiger partial charge in [0.2, 0.25) is 5.13 Å². The number of nitrogens with zero attached hydrogens (tertiary/aromatic N) is 2. The molecule has 1 heterocycles. The number of nitrogens with one attached hydrogen (secondary N) is 1. The predicted molar refractivity (Wildman–Crippen MR) is 91.3 cm³/mol. The van der Waals surface area contributed by atoms with Crippen molar-refractivity contribution in [2.45, 2.75) is 22.6 Å². The van der Waals surface area contributed by atoms with Gasteiger partial charge in [-0.05, 0) is 18.6 Å². The zero-order valence-electron chi connectivity index (χ0n) is 12.9. The Balaban J connectivity index is 2.20. The summed E-state index contributed by atoms with van der Waals surface area (Å²) in [5.74, 6) is 1.71. The van der Waals surface area contributed by atoms with Gasteiger partial charge in [-0.3, -0.25) is 4.72 Å². The van der Waals surface area contributed by atoms with Crippen LogP contribution in [-0.2, 0) is 10.0 Å². The van der Waals surface area contributed by atoms with Gasteiger partial charge < -0.3 is 9.47 Å². The number of ether oxygens (including phenoxy) is 2. The molecule has 0 aliphatic rings. The molecule has 0 atom stereocenters. The van der Waals surface area contributed by atoms with E-state index in [9.17, 15) is 8.42 Å². The van der Waals surface area contributed by atoms with E-state index >= 15 is 0 Å². The van der Waals surface area contributed by atoms with Gasteiger partial charge in [0.1, 0.15) is 0 Å². The number of anilines is 1. The third-order valence-electron chi connectivity index (χ3n) is 2.72. The van der Waals surface area contributed by atoms with E-state index < -0.39 is 10.0 Å². The zero-order chi connectivity index (χ0) is 16.9. The topological polar surface area (TPSA) is 90.4 Å². The van der Waals surface area contributed by atoms with Crippen molar-refractivity contribution in [1.82, 2.24) is 10.2 Å². The van der Waals surface area contributed by atoms with E-state index in [1.807, 2.05) is 0 Å². The van der Waals surface area contributed by atoms with Crippen LogP contribution in [-0.4, -0.2) is 38.6 Å². The summed E-state index contributed by atoms with van der Waals surface area (Å²) in [5, 5.41) is 8.04. The van der Waals surface area contributed by atoms with E-state index in [1.54, 1.807) is 11.8 Å². The summed E-state index contributed by atoms with van der Waals surface area (Å²) in [4.78, 5) is 0.0631. The molecule has 0 amide bonds. The Bertz CT molecular complexity index is 762. The first-order valence-corrected chi connectivity index (χ1v) is 9.99. The molecule has 1 aromatic carbocycles. The van der Waals surface area contributed by atoms with Gasteiger partial charge in [0.05, 0.1) is 19.1 Å². The van der Waals surface area contributed by atoms with Crippen LogP contribution >= 0.6 is 23.1 Å². The Hall–Kier alpha value is -1.52. The van der Waals surface area contributed by atoms with Crippen LogP contribution in [0.4, 0.5) is 5.13 Å². The van der Waals surface area contributed by atoms with Gasteiger partial charge in [-0.25, -0.2) is 8.42 Å². The van der Waals surface area contributed by atoms with E-state index in [0.29, 0.717) is 11.5 Å². The van der Waals surface area contributed by atoms with E-state index in [4.69, 9.17) is 9.47 Å². The zero-order valence-corrected chi connectivity index (χ0v) is 15.3. The molecule has 0 aliphatic heterocycles. The van der Waals surface area contributed by atoms with Crippen molar-refractivity contribution >= 4 is 38.3 Å². The summed E-state index contributed by atoms with van der Waals surface area (Å²) in [5.41, 5.74) is 0. The first-order valence-electron chi connectivity index (χ1n) is 6.71. The molecule has 0 aliphatic carbocycles. The van der Waals surface area contributed by atoms with E-state index in [0.717, 1.165) is 16.5 Å². The molecule has 0 fully saturated rings. The highest BCUT2D eigenvalue weighted by molar-refractivity contribution is 8.01. The lowest BCUT2D eigenvalue weighted by molar-refractivity contribution is 0.354. The van der Waals surface area contributed by atoms with E-state index in [-0.39, 0.29) is 10.0 Å². The van der Waals surface area contributed by atoms with Gasteiger partial charge in [-0.1, -0.05) is 30.0 Å². The molecule has 2 aromatic rings. The molecule has 1 aromatic heterocycles. The number of benzene rings is 1. The van der Waals surface area contributed by atoms with E-state index in [1.165, 1.54) is 43.8 Å². The molecule has 0 saturated carbocycles. The molecule has 0 bridgehead atoms.